The van der Waals surface area contributed by atoms with Gasteiger partial charge in [-0.25, -0.2) is 4.68 Å². The fraction of sp³-hybridized carbons (Fsp3) is 0.188. The number of thioether (sulfide) groups is 1. The molecule has 3 N–H and O–H groups in total. The Morgan fingerprint density at radius 1 is 1.29 bits per heavy atom. The van der Waals surface area contributed by atoms with Crippen molar-refractivity contribution < 1.29 is 9.21 Å². The molecule has 24 heavy (non-hydrogen) atoms. The van der Waals surface area contributed by atoms with Gasteiger partial charge in [0, 0.05) is 0 Å². The Labute approximate surface area is 143 Å². The summed E-state index contributed by atoms with van der Waals surface area (Å²) in [6.07, 6.45) is 1.54. The van der Waals surface area contributed by atoms with Gasteiger partial charge in [-0.3, -0.25) is 4.79 Å². The van der Waals surface area contributed by atoms with E-state index in [-0.39, 0.29) is 17.7 Å². The molecule has 3 aromatic rings. The van der Waals surface area contributed by atoms with Gasteiger partial charge in [0.05, 0.1) is 18.1 Å². The number of carbonyl (C=O) groups excluding carboxylic acids is 1. The van der Waals surface area contributed by atoms with Crippen LogP contribution in [-0.4, -0.2) is 26.5 Å². The Kier molecular flexibility index (Phi) is 4.85. The lowest BCUT2D eigenvalue weighted by Gasteiger charge is -2.13. The zero-order valence-electron chi connectivity index (χ0n) is 13.0. The summed E-state index contributed by atoms with van der Waals surface area (Å²) in [6.45, 7) is 1.94. The van der Waals surface area contributed by atoms with E-state index in [1.54, 1.807) is 12.1 Å². The van der Waals surface area contributed by atoms with Gasteiger partial charge < -0.3 is 15.6 Å². The fourth-order valence-corrected chi connectivity index (χ4v) is 2.86. The van der Waals surface area contributed by atoms with Crippen molar-refractivity contribution in [3.8, 4) is 11.6 Å². The van der Waals surface area contributed by atoms with E-state index in [1.807, 2.05) is 37.3 Å². The van der Waals surface area contributed by atoms with Gasteiger partial charge in [-0.1, -0.05) is 42.1 Å². The average molecular weight is 343 g/mol. The first-order valence-electron chi connectivity index (χ1n) is 7.36. The van der Waals surface area contributed by atoms with Crippen molar-refractivity contribution >= 4 is 17.7 Å². The van der Waals surface area contributed by atoms with Crippen LogP contribution in [0.3, 0.4) is 0 Å². The minimum absolute atomic E-state index is 0.0614. The molecule has 0 fully saturated rings. The molecule has 1 amide bonds. The number of nitrogens with two attached hydrogens (primary N) is 1. The van der Waals surface area contributed by atoms with Crippen molar-refractivity contribution in [1.82, 2.24) is 20.2 Å². The first kappa shape index (κ1) is 16.1. The normalized spacial score (nSPS) is 12.0. The molecule has 0 spiro atoms. The van der Waals surface area contributed by atoms with Gasteiger partial charge in [0.1, 0.15) is 0 Å². The van der Waals surface area contributed by atoms with Gasteiger partial charge in [-0.05, 0) is 24.6 Å². The Bertz CT molecular complexity index is 801. The van der Waals surface area contributed by atoms with Crippen molar-refractivity contribution in [2.24, 2.45) is 0 Å². The summed E-state index contributed by atoms with van der Waals surface area (Å²) in [5, 5.41) is 11.4. The number of nitrogens with one attached hydrogen (secondary N) is 1. The van der Waals surface area contributed by atoms with E-state index < -0.39 is 0 Å². The summed E-state index contributed by atoms with van der Waals surface area (Å²) in [5.41, 5.74) is 1.05. The number of furan rings is 1. The lowest BCUT2D eigenvalue weighted by atomic mass is 10.1. The molecule has 0 aliphatic rings. The second-order valence-electron chi connectivity index (χ2n) is 5.14. The molecule has 3 rings (SSSR count). The number of aromatic nitrogens is 3. The van der Waals surface area contributed by atoms with E-state index in [0.717, 1.165) is 5.56 Å². The average Bonchev–Trinajstić information content (AvgIpc) is 3.23. The molecule has 124 valence electrons. The zero-order chi connectivity index (χ0) is 16.9. The molecule has 0 aliphatic carbocycles. The molecule has 0 aliphatic heterocycles. The number of nitrogen functional groups attached to an aromatic ring is 1. The molecule has 1 atom stereocenters. The van der Waals surface area contributed by atoms with Crippen LogP contribution in [0.25, 0.3) is 11.6 Å². The van der Waals surface area contributed by atoms with Crippen molar-refractivity contribution in [1.29, 1.82) is 0 Å². The molecule has 1 aromatic carbocycles. The number of rotatable bonds is 6. The molecule has 0 radical (unpaired) electrons. The Morgan fingerprint density at radius 2 is 2.08 bits per heavy atom. The minimum Gasteiger partial charge on any atom is -0.461 e. The van der Waals surface area contributed by atoms with Crippen LogP contribution in [0.5, 0.6) is 0 Å². The van der Waals surface area contributed by atoms with Crippen LogP contribution < -0.4 is 11.2 Å². The highest BCUT2D eigenvalue weighted by atomic mass is 32.2. The lowest BCUT2D eigenvalue weighted by molar-refractivity contribution is -0.119. The van der Waals surface area contributed by atoms with Crippen LogP contribution in [-0.2, 0) is 4.79 Å². The summed E-state index contributed by atoms with van der Waals surface area (Å²) in [4.78, 5) is 12.1. The third-order valence-corrected chi connectivity index (χ3v) is 4.36. The predicted molar refractivity (Wildman–Crippen MR) is 91.6 cm³/mol. The molecule has 8 heteroatoms. The Hall–Kier alpha value is -2.74. The summed E-state index contributed by atoms with van der Waals surface area (Å²) in [6, 6.07) is 13.2. The van der Waals surface area contributed by atoms with Crippen molar-refractivity contribution in [2.45, 2.75) is 18.1 Å². The number of hydrogen-bond donors (Lipinski definition) is 2. The molecule has 2 heterocycles. The first-order chi connectivity index (χ1) is 11.6. The SMILES string of the molecule is CC(NC(=O)CSc1nnc(-c2ccco2)n1N)c1ccccc1. The highest BCUT2D eigenvalue weighted by molar-refractivity contribution is 7.99. The lowest BCUT2D eigenvalue weighted by Crippen LogP contribution is -2.28. The molecular weight excluding hydrogens is 326 g/mol. The number of hydrogen-bond acceptors (Lipinski definition) is 6. The molecule has 0 saturated carbocycles. The van der Waals surface area contributed by atoms with E-state index in [0.29, 0.717) is 16.7 Å². The third kappa shape index (κ3) is 3.60. The number of benzene rings is 1. The Morgan fingerprint density at radius 3 is 2.79 bits per heavy atom. The van der Waals surface area contributed by atoms with Crippen molar-refractivity contribution in [2.75, 3.05) is 11.6 Å². The van der Waals surface area contributed by atoms with Crippen LogP contribution in [0, 0.1) is 0 Å². The smallest absolute Gasteiger partial charge is 0.230 e. The molecule has 0 saturated heterocycles. The molecule has 0 bridgehead atoms. The molecule has 2 aromatic heterocycles. The van der Waals surface area contributed by atoms with Crippen LogP contribution in [0.1, 0.15) is 18.5 Å². The van der Waals surface area contributed by atoms with Crippen LogP contribution in [0.15, 0.2) is 58.3 Å². The summed E-state index contributed by atoms with van der Waals surface area (Å²) in [5.74, 6) is 7.00. The summed E-state index contributed by atoms with van der Waals surface area (Å²) < 4.78 is 6.57. The van der Waals surface area contributed by atoms with Gasteiger partial charge in [0.15, 0.2) is 5.76 Å². The minimum atomic E-state index is -0.0982. The van der Waals surface area contributed by atoms with E-state index in [1.165, 1.54) is 22.7 Å². The second-order valence-corrected chi connectivity index (χ2v) is 6.08. The first-order valence-corrected chi connectivity index (χ1v) is 8.35. The van der Waals surface area contributed by atoms with E-state index in [9.17, 15) is 4.79 Å². The van der Waals surface area contributed by atoms with Gasteiger partial charge >= 0.3 is 0 Å². The van der Waals surface area contributed by atoms with Crippen LogP contribution in [0.4, 0.5) is 0 Å². The zero-order valence-corrected chi connectivity index (χ0v) is 13.9. The number of nitrogens with zero attached hydrogens (tertiary/aromatic N) is 3. The second kappa shape index (κ2) is 7.22. The van der Waals surface area contributed by atoms with Gasteiger partial charge in [-0.15, -0.1) is 10.2 Å². The largest absolute Gasteiger partial charge is 0.461 e. The highest BCUT2D eigenvalue weighted by Crippen LogP contribution is 2.21. The summed E-state index contributed by atoms with van der Waals surface area (Å²) >= 11 is 1.22. The van der Waals surface area contributed by atoms with E-state index >= 15 is 0 Å². The molecule has 1 unspecified atom stereocenters. The quantitative estimate of drug-likeness (QED) is 0.526. The van der Waals surface area contributed by atoms with Crippen LogP contribution >= 0.6 is 11.8 Å². The molecular formula is C16H17N5O2S. The van der Waals surface area contributed by atoms with E-state index in [2.05, 4.69) is 15.5 Å². The maximum absolute atomic E-state index is 12.1. The number of carbonyl (C=O) groups is 1. The molecule has 7 nitrogen and oxygen atoms in total. The standard InChI is InChI=1S/C16H17N5O2S/c1-11(12-6-3-2-4-7-12)18-14(22)10-24-16-20-19-15(21(16)17)13-8-5-9-23-13/h2-9,11H,10,17H2,1H3,(H,18,22). The highest BCUT2D eigenvalue weighted by Gasteiger charge is 2.16. The van der Waals surface area contributed by atoms with Gasteiger partial charge in [-0.2, -0.15) is 0 Å². The monoisotopic (exact) mass is 343 g/mol. The van der Waals surface area contributed by atoms with E-state index in [4.69, 9.17) is 10.3 Å². The Balaban J connectivity index is 1.57. The van der Waals surface area contributed by atoms with Crippen molar-refractivity contribution in [3.05, 3.63) is 54.3 Å². The number of amides is 1. The predicted octanol–water partition coefficient (Wildman–Crippen LogP) is 2.22. The van der Waals surface area contributed by atoms with Crippen molar-refractivity contribution in [3.63, 3.8) is 0 Å². The summed E-state index contributed by atoms with van der Waals surface area (Å²) in [7, 11) is 0. The maximum atomic E-state index is 12.1. The van der Waals surface area contributed by atoms with Gasteiger partial charge in [0.2, 0.25) is 16.9 Å². The van der Waals surface area contributed by atoms with Gasteiger partial charge in [0.25, 0.3) is 0 Å². The van der Waals surface area contributed by atoms with Crippen LogP contribution in [0.2, 0.25) is 0 Å². The topological polar surface area (TPSA) is 99.0 Å². The third-order valence-electron chi connectivity index (χ3n) is 3.42. The maximum Gasteiger partial charge on any atom is 0.230 e. The fourth-order valence-electron chi connectivity index (χ4n) is 2.19.